The molecular weight excluding hydrogens is 382 g/mol. The molecule has 0 saturated heterocycles. The maximum atomic E-state index is 13.2. The SMILES string of the molecule is Fc1cccc(Cn2cnc(NC(=S)Nc3cccc(C(F)(F)F)c3)n2)c1. The summed E-state index contributed by atoms with van der Waals surface area (Å²) in [5, 5.41) is 9.52. The predicted octanol–water partition coefficient (Wildman–Crippen LogP) is 4.29. The van der Waals surface area contributed by atoms with Crippen LogP contribution >= 0.6 is 12.2 Å². The van der Waals surface area contributed by atoms with Gasteiger partial charge in [0, 0.05) is 5.69 Å². The predicted molar refractivity (Wildman–Crippen MR) is 96.8 cm³/mol. The summed E-state index contributed by atoms with van der Waals surface area (Å²) >= 11 is 5.07. The van der Waals surface area contributed by atoms with E-state index >= 15 is 0 Å². The molecule has 0 spiro atoms. The molecule has 10 heteroatoms. The smallest absolute Gasteiger partial charge is 0.332 e. The van der Waals surface area contributed by atoms with E-state index < -0.39 is 11.7 Å². The third-order valence-electron chi connectivity index (χ3n) is 3.44. The van der Waals surface area contributed by atoms with Crippen molar-refractivity contribution in [3.8, 4) is 0 Å². The van der Waals surface area contributed by atoms with Gasteiger partial charge in [-0.1, -0.05) is 18.2 Å². The molecule has 0 radical (unpaired) electrons. The van der Waals surface area contributed by atoms with Crippen LogP contribution in [0.4, 0.5) is 29.2 Å². The Hall–Kier alpha value is -3.01. The molecule has 0 bridgehead atoms. The van der Waals surface area contributed by atoms with Crippen LogP contribution in [-0.2, 0) is 12.7 Å². The van der Waals surface area contributed by atoms with Crippen molar-refractivity contribution in [1.82, 2.24) is 14.8 Å². The Balaban J connectivity index is 1.61. The number of hydrogen-bond donors (Lipinski definition) is 2. The monoisotopic (exact) mass is 395 g/mol. The first-order chi connectivity index (χ1) is 12.8. The van der Waals surface area contributed by atoms with E-state index in [1.165, 1.54) is 35.3 Å². The maximum Gasteiger partial charge on any atom is 0.416 e. The van der Waals surface area contributed by atoms with Crippen LogP contribution in [0.3, 0.4) is 0 Å². The van der Waals surface area contributed by atoms with Crippen molar-refractivity contribution in [2.75, 3.05) is 10.6 Å². The molecule has 0 saturated carbocycles. The third-order valence-corrected chi connectivity index (χ3v) is 3.65. The van der Waals surface area contributed by atoms with Crippen LogP contribution in [0.1, 0.15) is 11.1 Å². The number of hydrogen-bond acceptors (Lipinski definition) is 3. The summed E-state index contributed by atoms with van der Waals surface area (Å²) in [4.78, 5) is 4.01. The van der Waals surface area contributed by atoms with Crippen LogP contribution in [0.15, 0.2) is 54.9 Å². The van der Waals surface area contributed by atoms with Crippen LogP contribution in [0, 0.1) is 5.82 Å². The van der Waals surface area contributed by atoms with Crippen LogP contribution < -0.4 is 10.6 Å². The van der Waals surface area contributed by atoms with E-state index in [2.05, 4.69) is 20.7 Å². The van der Waals surface area contributed by atoms with Gasteiger partial charge in [0.25, 0.3) is 0 Å². The molecule has 0 fully saturated rings. The number of benzene rings is 2. The Morgan fingerprint density at radius 3 is 2.59 bits per heavy atom. The number of alkyl halides is 3. The Morgan fingerprint density at radius 2 is 1.85 bits per heavy atom. The number of nitrogens with one attached hydrogen (secondary N) is 2. The number of nitrogens with zero attached hydrogens (tertiary/aromatic N) is 3. The summed E-state index contributed by atoms with van der Waals surface area (Å²) in [5.74, 6) is -0.187. The summed E-state index contributed by atoms with van der Waals surface area (Å²) in [6.45, 7) is 0.306. The van der Waals surface area contributed by atoms with Crippen molar-refractivity contribution in [2.24, 2.45) is 0 Å². The highest BCUT2D eigenvalue weighted by molar-refractivity contribution is 7.80. The molecule has 0 aliphatic carbocycles. The van der Waals surface area contributed by atoms with Gasteiger partial charge in [-0.25, -0.2) is 14.1 Å². The Morgan fingerprint density at radius 1 is 1.07 bits per heavy atom. The van der Waals surface area contributed by atoms with E-state index in [4.69, 9.17) is 12.2 Å². The van der Waals surface area contributed by atoms with Crippen molar-refractivity contribution >= 4 is 29.0 Å². The second kappa shape index (κ2) is 7.70. The van der Waals surface area contributed by atoms with Gasteiger partial charge in [0.1, 0.15) is 12.1 Å². The van der Waals surface area contributed by atoms with E-state index in [-0.39, 0.29) is 22.6 Å². The number of rotatable bonds is 4. The van der Waals surface area contributed by atoms with Crippen LogP contribution in [-0.4, -0.2) is 19.9 Å². The van der Waals surface area contributed by atoms with E-state index in [0.717, 1.165) is 12.1 Å². The minimum Gasteiger partial charge on any atom is -0.332 e. The average molecular weight is 395 g/mol. The second-order valence-electron chi connectivity index (χ2n) is 5.55. The van der Waals surface area contributed by atoms with Crippen molar-refractivity contribution < 1.29 is 17.6 Å². The molecule has 0 atom stereocenters. The summed E-state index contributed by atoms with van der Waals surface area (Å²) in [6.07, 6.45) is -3.01. The van der Waals surface area contributed by atoms with Gasteiger partial charge in [0.15, 0.2) is 5.11 Å². The standard InChI is InChI=1S/C17H13F4N5S/c18-13-5-1-3-11(7-13)9-26-10-22-15(25-26)24-16(27)23-14-6-2-4-12(8-14)17(19,20)21/h1-8,10H,9H2,(H2,23,24,25,27). The number of halogens is 4. The molecule has 0 amide bonds. The highest BCUT2D eigenvalue weighted by Crippen LogP contribution is 2.30. The number of thiocarbonyl (C=S) groups is 1. The molecule has 27 heavy (non-hydrogen) atoms. The van der Waals surface area contributed by atoms with Gasteiger partial charge in [-0.3, -0.25) is 5.32 Å². The lowest BCUT2D eigenvalue weighted by molar-refractivity contribution is -0.137. The molecule has 0 aliphatic heterocycles. The van der Waals surface area contributed by atoms with Crippen molar-refractivity contribution in [3.05, 3.63) is 71.8 Å². The van der Waals surface area contributed by atoms with Crippen LogP contribution in [0.2, 0.25) is 0 Å². The highest BCUT2D eigenvalue weighted by atomic mass is 32.1. The summed E-state index contributed by atoms with van der Waals surface area (Å²) in [7, 11) is 0. The molecule has 3 aromatic rings. The molecule has 0 aliphatic rings. The highest BCUT2D eigenvalue weighted by Gasteiger charge is 2.30. The Bertz CT molecular complexity index is 954. The average Bonchev–Trinajstić information content (AvgIpc) is 3.01. The molecular formula is C17H13F4N5S. The lowest BCUT2D eigenvalue weighted by atomic mass is 10.2. The van der Waals surface area contributed by atoms with Gasteiger partial charge >= 0.3 is 6.18 Å². The number of aromatic nitrogens is 3. The molecule has 2 N–H and O–H groups in total. The van der Waals surface area contributed by atoms with Crippen molar-refractivity contribution in [2.45, 2.75) is 12.7 Å². The zero-order valence-corrected chi connectivity index (χ0v) is 14.5. The molecule has 2 aromatic carbocycles. The molecule has 3 rings (SSSR count). The van der Waals surface area contributed by atoms with Gasteiger partial charge in [0.05, 0.1) is 12.1 Å². The third kappa shape index (κ3) is 5.23. The first-order valence-electron chi connectivity index (χ1n) is 7.69. The van der Waals surface area contributed by atoms with E-state index in [0.29, 0.717) is 12.1 Å². The second-order valence-corrected chi connectivity index (χ2v) is 5.96. The molecule has 0 unspecified atom stereocenters. The van der Waals surface area contributed by atoms with E-state index in [1.54, 1.807) is 12.1 Å². The van der Waals surface area contributed by atoms with Gasteiger partial charge in [0.2, 0.25) is 5.95 Å². The quantitative estimate of drug-likeness (QED) is 0.510. The Kier molecular flexibility index (Phi) is 5.36. The van der Waals surface area contributed by atoms with Gasteiger partial charge in [-0.2, -0.15) is 13.2 Å². The fourth-order valence-electron chi connectivity index (χ4n) is 2.29. The van der Waals surface area contributed by atoms with E-state index in [1.807, 2.05) is 0 Å². The summed E-state index contributed by atoms with van der Waals surface area (Å²) in [6, 6.07) is 10.7. The first-order valence-corrected chi connectivity index (χ1v) is 8.09. The number of anilines is 2. The molecule has 1 heterocycles. The van der Waals surface area contributed by atoms with Gasteiger partial charge in [-0.05, 0) is 48.1 Å². The molecule has 5 nitrogen and oxygen atoms in total. The fraction of sp³-hybridized carbons (Fsp3) is 0.118. The minimum absolute atomic E-state index is 0.0397. The lowest BCUT2D eigenvalue weighted by Gasteiger charge is -2.11. The molecule has 1 aromatic heterocycles. The van der Waals surface area contributed by atoms with Crippen molar-refractivity contribution in [3.63, 3.8) is 0 Å². The topological polar surface area (TPSA) is 54.8 Å². The van der Waals surface area contributed by atoms with E-state index in [9.17, 15) is 17.6 Å². The first kappa shape index (κ1) is 18.8. The van der Waals surface area contributed by atoms with Crippen LogP contribution in [0.25, 0.3) is 0 Å². The van der Waals surface area contributed by atoms with Crippen LogP contribution in [0.5, 0.6) is 0 Å². The Labute approximate surface area is 157 Å². The zero-order valence-electron chi connectivity index (χ0n) is 13.7. The van der Waals surface area contributed by atoms with Crippen molar-refractivity contribution in [1.29, 1.82) is 0 Å². The summed E-state index contributed by atoms with van der Waals surface area (Å²) in [5.41, 5.74) is 0.102. The fourth-order valence-corrected chi connectivity index (χ4v) is 2.50. The lowest BCUT2D eigenvalue weighted by Crippen LogP contribution is -2.20. The normalized spacial score (nSPS) is 11.3. The van der Waals surface area contributed by atoms with Gasteiger partial charge < -0.3 is 5.32 Å². The van der Waals surface area contributed by atoms with Gasteiger partial charge in [-0.15, -0.1) is 5.10 Å². The summed E-state index contributed by atoms with van der Waals surface area (Å²) < 4.78 is 52.9. The minimum atomic E-state index is -4.44. The largest absolute Gasteiger partial charge is 0.416 e. The maximum absolute atomic E-state index is 13.2. The zero-order chi connectivity index (χ0) is 19.4. The molecule has 140 valence electrons.